The molecule has 1 aromatic carbocycles. The van der Waals surface area contributed by atoms with Gasteiger partial charge in [-0.05, 0) is 50.3 Å². The summed E-state index contributed by atoms with van der Waals surface area (Å²) in [4.78, 5) is 13.8. The van der Waals surface area contributed by atoms with Gasteiger partial charge in [0.15, 0.2) is 0 Å². The van der Waals surface area contributed by atoms with E-state index in [-0.39, 0.29) is 12.1 Å². The smallest absolute Gasteiger partial charge is 0.317 e. The number of nitrogens with one attached hydrogen (secondary N) is 1. The molecule has 0 radical (unpaired) electrons. The summed E-state index contributed by atoms with van der Waals surface area (Å²) in [5.74, 6) is 0.291. The highest BCUT2D eigenvalue weighted by molar-refractivity contribution is 5.74. The van der Waals surface area contributed by atoms with Gasteiger partial charge in [-0.25, -0.2) is 4.79 Å². The summed E-state index contributed by atoms with van der Waals surface area (Å²) in [6.07, 6.45) is 4.05. The van der Waals surface area contributed by atoms with Crippen molar-refractivity contribution in [1.82, 2.24) is 10.2 Å². The SMILES string of the molecule is CC(CCc1ccc(O)cc1)NC(=O)N1CCCC1. The Labute approximate surface area is 114 Å². The lowest BCUT2D eigenvalue weighted by molar-refractivity contribution is 0.205. The molecule has 4 nitrogen and oxygen atoms in total. The molecule has 1 aliphatic rings. The number of carbonyl (C=O) groups excluding carboxylic acids is 1. The van der Waals surface area contributed by atoms with E-state index in [4.69, 9.17) is 0 Å². The normalized spacial score (nSPS) is 16.4. The Balaban J connectivity index is 1.73. The summed E-state index contributed by atoms with van der Waals surface area (Å²) in [5, 5.41) is 12.3. The van der Waals surface area contributed by atoms with Gasteiger partial charge in [-0.3, -0.25) is 0 Å². The number of hydrogen-bond donors (Lipinski definition) is 2. The number of aromatic hydroxyl groups is 1. The van der Waals surface area contributed by atoms with Gasteiger partial charge >= 0.3 is 6.03 Å². The number of phenolic OH excluding ortho intramolecular Hbond substituents is 1. The van der Waals surface area contributed by atoms with Gasteiger partial charge in [0.1, 0.15) is 5.75 Å². The molecule has 0 bridgehead atoms. The number of benzene rings is 1. The third-order valence-electron chi connectivity index (χ3n) is 3.57. The maximum atomic E-state index is 11.9. The number of likely N-dealkylation sites (tertiary alicyclic amines) is 1. The fraction of sp³-hybridized carbons (Fsp3) is 0.533. The van der Waals surface area contributed by atoms with Gasteiger partial charge in [0.25, 0.3) is 0 Å². The topological polar surface area (TPSA) is 52.6 Å². The van der Waals surface area contributed by atoms with Crippen molar-refractivity contribution in [3.05, 3.63) is 29.8 Å². The third-order valence-corrected chi connectivity index (χ3v) is 3.57. The number of rotatable bonds is 4. The van der Waals surface area contributed by atoms with Crippen LogP contribution in [0.25, 0.3) is 0 Å². The highest BCUT2D eigenvalue weighted by atomic mass is 16.3. The fourth-order valence-electron chi connectivity index (χ4n) is 2.34. The molecule has 1 aliphatic heterocycles. The van der Waals surface area contributed by atoms with E-state index < -0.39 is 0 Å². The van der Waals surface area contributed by atoms with Crippen molar-refractivity contribution in [2.24, 2.45) is 0 Å². The number of hydrogen-bond acceptors (Lipinski definition) is 2. The van der Waals surface area contributed by atoms with Crippen LogP contribution in [-0.4, -0.2) is 35.2 Å². The summed E-state index contributed by atoms with van der Waals surface area (Å²) in [7, 11) is 0. The number of phenols is 1. The van der Waals surface area contributed by atoms with Crippen LogP contribution < -0.4 is 5.32 Å². The van der Waals surface area contributed by atoms with Gasteiger partial charge in [-0.2, -0.15) is 0 Å². The first-order valence-electron chi connectivity index (χ1n) is 6.98. The summed E-state index contributed by atoms with van der Waals surface area (Å²) in [5.41, 5.74) is 1.18. The van der Waals surface area contributed by atoms with Crippen molar-refractivity contribution >= 4 is 6.03 Å². The van der Waals surface area contributed by atoms with Crippen molar-refractivity contribution in [2.45, 2.75) is 38.6 Å². The summed E-state index contributed by atoms with van der Waals surface area (Å²) >= 11 is 0. The Hall–Kier alpha value is -1.71. The van der Waals surface area contributed by atoms with Crippen molar-refractivity contribution < 1.29 is 9.90 Å². The molecule has 1 atom stereocenters. The van der Waals surface area contributed by atoms with E-state index in [1.165, 1.54) is 5.56 Å². The Morgan fingerprint density at radius 1 is 1.32 bits per heavy atom. The van der Waals surface area contributed by atoms with Gasteiger partial charge in [0.05, 0.1) is 0 Å². The molecule has 2 N–H and O–H groups in total. The van der Waals surface area contributed by atoms with Crippen LogP contribution >= 0.6 is 0 Å². The summed E-state index contributed by atoms with van der Waals surface area (Å²) < 4.78 is 0. The minimum absolute atomic E-state index is 0.0655. The number of carbonyl (C=O) groups is 1. The molecule has 19 heavy (non-hydrogen) atoms. The number of nitrogens with zero attached hydrogens (tertiary/aromatic N) is 1. The minimum Gasteiger partial charge on any atom is -0.508 e. The van der Waals surface area contributed by atoms with Crippen molar-refractivity contribution in [3.8, 4) is 5.75 Å². The van der Waals surface area contributed by atoms with Crippen LogP contribution in [-0.2, 0) is 6.42 Å². The van der Waals surface area contributed by atoms with Crippen LogP contribution in [0.5, 0.6) is 5.75 Å². The van der Waals surface area contributed by atoms with E-state index in [2.05, 4.69) is 5.32 Å². The molecule has 1 heterocycles. The maximum absolute atomic E-state index is 11.9. The molecule has 2 rings (SSSR count). The number of amides is 2. The van der Waals surface area contributed by atoms with Gasteiger partial charge in [0, 0.05) is 19.1 Å². The third kappa shape index (κ3) is 4.16. The molecular weight excluding hydrogens is 240 g/mol. The molecule has 0 aromatic heterocycles. The zero-order valence-corrected chi connectivity index (χ0v) is 11.4. The lowest BCUT2D eigenvalue weighted by Gasteiger charge is -2.20. The Morgan fingerprint density at radius 3 is 2.58 bits per heavy atom. The van der Waals surface area contributed by atoms with Crippen molar-refractivity contribution in [2.75, 3.05) is 13.1 Å². The lowest BCUT2D eigenvalue weighted by Crippen LogP contribution is -2.42. The molecule has 1 unspecified atom stereocenters. The second-order valence-corrected chi connectivity index (χ2v) is 5.25. The molecular formula is C15H22N2O2. The second-order valence-electron chi connectivity index (χ2n) is 5.25. The Morgan fingerprint density at radius 2 is 1.95 bits per heavy atom. The lowest BCUT2D eigenvalue weighted by atomic mass is 10.1. The van der Waals surface area contributed by atoms with E-state index >= 15 is 0 Å². The molecule has 2 amide bonds. The molecule has 0 spiro atoms. The number of aryl methyl sites for hydroxylation is 1. The molecule has 1 saturated heterocycles. The summed E-state index contributed by atoms with van der Waals surface area (Å²) in [6.45, 7) is 3.81. The first-order chi connectivity index (χ1) is 9.15. The van der Waals surface area contributed by atoms with E-state index in [9.17, 15) is 9.90 Å². The van der Waals surface area contributed by atoms with E-state index in [0.29, 0.717) is 5.75 Å². The van der Waals surface area contributed by atoms with E-state index in [0.717, 1.165) is 38.8 Å². The van der Waals surface area contributed by atoms with Gasteiger partial charge < -0.3 is 15.3 Å². The van der Waals surface area contributed by atoms with Crippen LogP contribution in [0.2, 0.25) is 0 Å². The van der Waals surface area contributed by atoms with Gasteiger partial charge in [-0.1, -0.05) is 12.1 Å². The Kier molecular flexibility index (Phi) is 4.66. The predicted octanol–water partition coefficient (Wildman–Crippen LogP) is 2.52. The fourth-order valence-corrected chi connectivity index (χ4v) is 2.34. The summed E-state index contributed by atoms with van der Waals surface area (Å²) in [6, 6.07) is 7.47. The van der Waals surface area contributed by atoms with Crippen molar-refractivity contribution in [3.63, 3.8) is 0 Å². The number of urea groups is 1. The first-order valence-corrected chi connectivity index (χ1v) is 6.98. The van der Waals surface area contributed by atoms with E-state index in [1.807, 2.05) is 24.0 Å². The van der Waals surface area contributed by atoms with Crippen molar-refractivity contribution in [1.29, 1.82) is 0 Å². The molecule has 0 saturated carbocycles. The Bertz CT molecular complexity index is 411. The maximum Gasteiger partial charge on any atom is 0.317 e. The zero-order valence-electron chi connectivity index (χ0n) is 11.4. The highest BCUT2D eigenvalue weighted by Crippen LogP contribution is 2.12. The molecule has 1 fully saturated rings. The van der Waals surface area contributed by atoms with Gasteiger partial charge in [0.2, 0.25) is 0 Å². The van der Waals surface area contributed by atoms with Crippen LogP contribution in [0.15, 0.2) is 24.3 Å². The molecule has 104 valence electrons. The monoisotopic (exact) mass is 262 g/mol. The minimum atomic E-state index is 0.0655. The largest absolute Gasteiger partial charge is 0.508 e. The first kappa shape index (κ1) is 13.7. The average Bonchev–Trinajstić information content (AvgIpc) is 2.92. The molecule has 4 heteroatoms. The van der Waals surface area contributed by atoms with Crippen LogP contribution in [0.1, 0.15) is 31.7 Å². The quantitative estimate of drug-likeness (QED) is 0.876. The van der Waals surface area contributed by atoms with Crippen LogP contribution in [0.3, 0.4) is 0 Å². The molecule has 0 aliphatic carbocycles. The van der Waals surface area contributed by atoms with Crippen LogP contribution in [0, 0.1) is 0 Å². The van der Waals surface area contributed by atoms with E-state index in [1.54, 1.807) is 12.1 Å². The second kappa shape index (κ2) is 6.45. The van der Waals surface area contributed by atoms with Gasteiger partial charge in [-0.15, -0.1) is 0 Å². The predicted molar refractivity (Wildman–Crippen MR) is 75.2 cm³/mol. The highest BCUT2D eigenvalue weighted by Gasteiger charge is 2.18. The van der Waals surface area contributed by atoms with Crippen LogP contribution in [0.4, 0.5) is 4.79 Å². The molecule has 1 aromatic rings. The standard InChI is InChI=1S/C15H22N2O2/c1-12(16-15(19)17-10-2-3-11-17)4-5-13-6-8-14(18)9-7-13/h6-9,12,18H,2-5,10-11H2,1H3,(H,16,19). The zero-order chi connectivity index (χ0) is 13.7. The average molecular weight is 262 g/mol.